The molecule has 0 aromatic heterocycles. The molecule has 1 aliphatic heterocycles. The Morgan fingerprint density at radius 3 is 2.52 bits per heavy atom. The maximum absolute atomic E-state index is 12.2. The van der Waals surface area contributed by atoms with E-state index in [0.717, 1.165) is 0 Å². The van der Waals surface area contributed by atoms with E-state index in [1.807, 2.05) is 0 Å². The minimum atomic E-state index is -1.35. The Labute approximate surface area is 122 Å². The predicted octanol–water partition coefficient (Wildman–Crippen LogP) is 1.08. The number of urea groups is 1. The van der Waals surface area contributed by atoms with E-state index in [9.17, 15) is 14.7 Å². The zero-order chi connectivity index (χ0) is 15.5. The summed E-state index contributed by atoms with van der Waals surface area (Å²) in [7, 11) is 3.13. The fourth-order valence-corrected chi connectivity index (χ4v) is 2.10. The molecule has 0 bridgehead atoms. The molecule has 7 nitrogen and oxygen atoms in total. The number of methoxy groups -OCH3 is 1. The second-order valence-corrected chi connectivity index (χ2v) is 4.88. The van der Waals surface area contributed by atoms with Crippen molar-refractivity contribution in [2.45, 2.75) is 12.0 Å². The monoisotopic (exact) mass is 294 g/mol. The quantitative estimate of drug-likeness (QED) is 0.867. The van der Waals surface area contributed by atoms with E-state index < -0.39 is 17.5 Å². The van der Waals surface area contributed by atoms with Crippen molar-refractivity contribution in [3.8, 4) is 5.75 Å². The molecule has 1 heterocycles. The number of nitrogens with one attached hydrogen (secondary N) is 1. The second kappa shape index (κ2) is 6.01. The zero-order valence-corrected chi connectivity index (χ0v) is 12.0. The van der Waals surface area contributed by atoms with Crippen LogP contribution in [0.1, 0.15) is 6.42 Å². The van der Waals surface area contributed by atoms with Crippen molar-refractivity contribution in [1.82, 2.24) is 5.32 Å². The maximum Gasteiger partial charge on any atom is 0.332 e. The Morgan fingerprint density at radius 1 is 1.38 bits per heavy atom. The molecule has 1 aromatic carbocycles. The fourth-order valence-electron chi connectivity index (χ4n) is 2.10. The van der Waals surface area contributed by atoms with Gasteiger partial charge in [0.25, 0.3) is 0 Å². The number of carbonyl (C=O) groups excluding carboxylic acids is 1. The summed E-state index contributed by atoms with van der Waals surface area (Å²) in [5.41, 5.74) is -0.717. The lowest BCUT2D eigenvalue weighted by atomic mass is 9.99. The molecule has 1 saturated heterocycles. The van der Waals surface area contributed by atoms with Gasteiger partial charge in [0.2, 0.25) is 0 Å². The Hall–Kier alpha value is -2.28. The summed E-state index contributed by atoms with van der Waals surface area (Å²) in [6.07, 6.45) is 0.254. The lowest BCUT2D eigenvalue weighted by Gasteiger charge is -2.27. The third kappa shape index (κ3) is 3.08. The van der Waals surface area contributed by atoms with Gasteiger partial charge in [0.15, 0.2) is 5.54 Å². The van der Waals surface area contributed by atoms with E-state index in [-0.39, 0.29) is 13.0 Å². The third-order valence-corrected chi connectivity index (χ3v) is 3.54. The smallest absolute Gasteiger partial charge is 0.332 e. The first-order chi connectivity index (χ1) is 9.98. The van der Waals surface area contributed by atoms with Crippen molar-refractivity contribution in [3.05, 3.63) is 24.3 Å². The van der Waals surface area contributed by atoms with E-state index >= 15 is 0 Å². The van der Waals surface area contributed by atoms with Gasteiger partial charge in [-0.25, -0.2) is 9.59 Å². The van der Waals surface area contributed by atoms with Crippen LogP contribution in [0.3, 0.4) is 0 Å². The molecule has 0 radical (unpaired) electrons. The summed E-state index contributed by atoms with van der Waals surface area (Å²) < 4.78 is 10.2. The molecule has 1 fully saturated rings. The van der Waals surface area contributed by atoms with Crippen molar-refractivity contribution < 1.29 is 24.2 Å². The van der Waals surface area contributed by atoms with Crippen LogP contribution in [-0.2, 0) is 9.53 Å². The zero-order valence-electron chi connectivity index (χ0n) is 12.0. The molecule has 1 atom stereocenters. The molecular formula is C14H18N2O5. The van der Waals surface area contributed by atoms with Crippen LogP contribution in [0.25, 0.3) is 0 Å². The van der Waals surface area contributed by atoms with Crippen LogP contribution in [0.15, 0.2) is 24.3 Å². The van der Waals surface area contributed by atoms with Gasteiger partial charge in [-0.15, -0.1) is 0 Å². The number of carbonyl (C=O) groups is 2. The van der Waals surface area contributed by atoms with Crippen molar-refractivity contribution in [2.75, 3.05) is 32.3 Å². The highest BCUT2D eigenvalue weighted by molar-refractivity contribution is 5.95. The van der Waals surface area contributed by atoms with Crippen LogP contribution >= 0.6 is 0 Å². The molecule has 1 aromatic rings. The molecule has 1 aliphatic rings. The lowest BCUT2D eigenvalue weighted by Crippen LogP contribution is -2.58. The number of carboxylic acid groups (broad SMARTS) is 1. The van der Waals surface area contributed by atoms with Gasteiger partial charge in [0.05, 0.1) is 13.7 Å². The van der Waals surface area contributed by atoms with Crippen LogP contribution in [0.4, 0.5) is 10.5 Å². The van der Waals surface area contributed by atoms with Crippen LogP contribution < -0.4 is 15.0 Å². The highest BCUT2D eigenvalue weighted by Gasteiger charge is 2.44. The van der Waals surface area contributed by atoms with Gasteiger partial charge in [0.1, 0.15) is 5.75 Å². The number of amides is 2. The normalized spacial score (nSPS) is 20.9. The number of aliphatic carboxylic acids is 1. The number of carboxylic acids is 1. The van der Waals surface area contributed by atoms with Gasteiger partial charge < -0.3 is 19.9 Å². The van der Waals surface area contributed by atoms with Gasteiger partial charge in [0, 0.05) is 25.8 Å². The number of anilines is 1. The fraction of sp³-hybridized carbons (Fsp3) is 0.429. The summed E-state index contributed by atoms with van der Waals surface area (Å²) in [5, 5.41) is 11.9. The van der Waals surface area contributed by atoms with Gasteiger partial charge in [-0.2, -0.15) is 0 Å². The van der Waals surface area contributed by atoms with E-state index in [0.29, 0.717) is 18.0 Å². The summed E-state index contributed by atoms with van der Waals surface area (Å²) in [4.78, 5) is 24.9. The van der Waals surface area contributed by atoms with Crippen LogP contribution in [0.2, 0.25) is 0 Å². The van der Waals surface area contributed by atoms with Crippen LogP contribution in [0.5, 0.6) is 5.75 Å². The minimum absolute atomic E-state index is 0.0233. The molecule has 0 aliphatic carbocycles. The molecule has 21 heavy (non-hydrogen) atoms. The number of hydrogen-bond acceptors (Lipinski definition) is 4. The minimum Gasteiger partial charge on any atom is -0.497 e. The van der Waals surface area contributed by atoms with Crippen molar-refractivity contribution in [2.24, 2.45) is 0 Å². The third-order valence-electron chi connectivity index (χ3n) is 3.54. The molecule has 7 heteroatoms. The van der Waals surface area contributed by atoms with Crippen molar-refractivity contribution in [3.63, 3.8) is 0 Å². The molecule has 0 spiro atoms. The molecule has 2 rings (SSSR count). The molecular weight excluding hydrogens is 276 g/mol. The molecule has 114 valence electrons. The highest BCUT2D eigenvalue weighted by Crippen LogP contribution is 2.22. The average molecular weight is 294 g/mol. The van der Waals surface area contributed by atoms with E-state index in [2.05, 4.69) is 5.32 Å². The second-order valence-electron chi connectivity index (χ2n) is 4.88. The van der Waals surface area contributed by atoms with Crippen LogP contribution in [-0.4, -0.2) is 50.0 Å². The largest absolute Gasteiger partial charge is 0.497 e. The Kier molecular flexibility index (Phi) is 4.32. The van der Waals surface area contributed by atoms with E-state index in [1.165, 1.54) is 4.90 Å². The molecule has 1 unspecified atom stereocenters. The molecule has 0 saturated carbocycles. The van der Waals surface area contributed by atoms with Crippen molar-refractivity contribution >= 4 is 17.7 Å². The number of nitrogens with zero attached hydrogens (tertiary/aromatic N) is 1. The summed E-state index contributed by atoms with van der Waals surface area (Å²) in [6.45, 7) is 0.295. The Morgan fingerprint density at radius 2 is 2.05 bits per heavy atom. The standard InChI is InChI=1S/C14H18N2O5/c1-16(10-3-5-11(20-2)6-4-10)13(19)15-14(12(17)18)7-8-21-9-14/h3-6H,7-9H2,1-2H3,(H,15,19)(H,17,18). The summed E-state index contributed by atoms with van der Waals surface area (Å²) >= 11 is 0. The topological polar surface area (TPSA) is 88.1 Å². The Bertz CT molecular complexity index is 523. The van der Waals surface area contributed by atoms with Crippen LogP contribution in [0, 0.1) is 0 Å². The van der Waals surface area contributed by atoms with Gasteiger partial charge in [-0.05, 0) is 24.3 Å². The highest BCUT2D eigenvalue weighted by atomic mass is 16.5. The number of ether oxygens (including phenoxy) is 2. The number of hydrogen-bond donors (Lipinski definition) is 2. The van der Waals surface area contributed by atoms with E-state index in [4.69, 9.17) is 9.47 Å². The van der Waals surface area contributed by atoms with Crippen molar-refractivity contribution in [1.29, 1.82) is 0 Å². The Balaban J connectivity index is 2.09. The first-order valence-electron chi connectivity index (χ1n) is 6.49. The average Bonchev–Trinajstić information content (AvgIpc) is 2.96. The lowest BCUT2D eigenvalue weighted by molar-refractivity contribution is -0.144. The van der Waals surface area contributed by atoms with Gasteiger partial charge in [-0.1, -0.05) is 0 Å². The SMILES string of the molecule is COc1ccc(N(C)C(=O)NC2(C(=O)O)CCOC2)cc1. The maximum atomic E-state index is 12.2. The molecule has 2 N–H and O–H groups in total. The predicted molar refractivity (Wildman–Crippen MR) is 75.7 cm³/mol. The summed E-state index contributed by atoms with van der Waals surface area (Å²) in [5.74, 6) is -0.407. The number of benzene rings is 1. The number of rotatable bonds is 4. The summed E-state index contributed by atoms with van der Waals surface area (Å²) in [6, 6.07) is 6.40. The van der Waals surface area contributed by atoms with Gasteiger partial charge >= 0.3 is 12.0 Å². The first kappa shape index (κ1) is 15.1. The van der Waals surface area contributed by atoms with E-state index in [1.54, 1.807) is 38.4 Å². The molecule has 2 amide bonds. The van der Waals surface area contributed by atoms with Gasteiger partial charge in [-0.3, -0.25) is 4.90 Å². The first-order valence-corrected chi connectivity index (χ1v) is 6.49.